The molecule has 474 valence electrons. The summed E-state index contributed by atoms with van der Waals surface area (Å²) >= 11 is 14.9. The van der Waals surface area contributed by atoms with Crippen LogP contribution in [0.15, 0.2) is 146 Å². The minimum Gasteiger partial charge on any atom is -0.416 e. The van der Waals surface area contributed by atoms with Gasteiger partial charge >= 0.3 is 0 Å². The predicted molar refractivity (Wildman–Crippen MR) is 359 cm³/mol. The van der Waals surface area contributed by atoms with Crippen molar-refractivity contribution in [1.82, 2.24) is 70.1 Å². The van der Waals surface area contributed by atoms with Gasteiger partial charge in [-0.25, -0.2) is 17.5 Å². The summed E-state index contributed by atoms with van der Waals surface area (Å²) < 4.78 is 38.6. The van der Waals surface area contributed by atoms with Crippen LogP contribution in [0.25, 0.3) is 0 Å². The average molecular weight is 1390 g/mol. The third-order valence-corrected chi connectivity index (χ3v) is 27.9. The summed E-state index contributed by atoms with van der Waals surface area (Å²) in [7, 11) is 0. The van der Waals surface area contributed by atoms with Crippen LogP contribution in [0.1, 0.15) is 25.7 Å². The fourth-order valence-corrected chi connectivity index (χ4v) is 25.6. The smallest absolute Gasteiger partial charge is 0.172 e. The molecule has 36 heteroatoms. The summed E-state index contributed by atoms with van der Waals surface area (Å²) in [4.78, 5) is 48.5. The highest BCUT2D eigenvalue weighted by atomic mass is 32.2. The molecule has 0 radical (unpaired) electrons. The van der Waals surface area contributed by atoms with E-state index in [0.29, 0.717) is 80.8 Å². The second-order valence-corrected chi connectivity index (χ2v) is 31.3. The fourth-order valence-electron chi connectivity index (χ4n) is 17.5. The molecule has 0 aromatic carbocycles. The Balaban J connectivity index is 1.10. The first-order chi connectivity index (χ1) is 44.7. The van der Waals surface area contributed by atoms with Gasteiger partial charge in [0, 0.05) is 108 Å². The molecule has 18 aliphatic rings. The van der Waals surface area contributed by atoms with Crippen LogP contribution in [0.5, 0.6) is 0 Å². The molecule has 27 nitrogen and oxygen atoms in total. The molecule has 9 N–H and O–H groups in total. The molecule has 18 aliphatic heterocycles. The van der Waals surface area contributed by atoms with E-state index < -0.39 is 56.5 Å². The maximum absolute atomic E-state index is 7.43. The van der Waals surface area contributed by atoms with E-state index in [1.54, 1.807) is 108 Å². The minimum atomic E-state index is -1.60. The minimum absolute atomic E-state index is 0.104. The largest absolute Gasteiger partial charge is 0.416 e. The van der Waals surface area contributed by atoms with Crippen molar-refractivity contribution in [2.75, 3.05) is 62.5 Å². The molecule has 0 spiro atoms. The lowest BCUT2D eigenvalue weighted by Gasteiger charge is -2.62. The van der Waals surface area contributed by atoms with E-state index in [-0.39, 0.29) is 36.4 Å². The molecule has 2 fully saturated rings. The molecule has 0 saturated carbocycles. The zero-order valence-electron chi connectivity index (χ0n) is 47.8. The Morgan fingerprint density at radius 1 is 0.833 bits per heavy atom. The van der Waals surface area contributed by atoms with Gasteiger partial charge in [0.2, 0.25) is 0 Å². The zero-order valence-corrected chi connectivity index (χ0v) is 55.1. The van der Waals surface area contributed by atoms with Crippen LogP contribution in [0.4, 0.5) is 0 Å². The number of hydrogen-bond acceptors (Lipinski definition) is 36. The number of hydrogen-bond donors (Lipinski definition) is 9. The van der Waals surface area contributed by atoms with Gasteiger partial charge in [0.25, 0.3) is 0 Å². The molecular formula is C54H62N20O7S9. The molecule has 0 amide bonds. The van der Waals surface area contributed by atoms with Gasteiger partial charge in [0.1, 0.15) is 48.0 Å². The van der Waals surface area contributed by atoms with Gasteiger partial charge < -0.3 is 38.4 Å². The van der Waals surface area contributed by atoms with Crippen molar-refractivity contribution in [3.8, 4) is 0 Å². The van der Waals surface area contributed by atoms with Crippen molar-refractivity contribution >= 4 is 144 Å². The summed E-state index contributed by atoms with van der Waals surface area (Å²) in [5.41, 5.74) is 11.0. The van der Waals surface area contributed by atoms with E-state index in [0.717, 1.165) is 39.0 Å². The van der Waals surface area contributed by atoms with Crippen molar-refractivity contribution in [2.45, 2.75) is 88.7 Å². The van der Waals surface area contributed by atoms with E-state index in [9.17, 15) is 0 Å². The van der Waals surface area contributed by atoms with E-state index in [2.05, 4.69) is 147 Å². The van der Waals surface area contributed by atoms with Crippen LogP contribution in [-0.4, -0.2) is 186 Å². The summed E-state index contributed by atoms with van der Waals surface area (Å²) in [6.45, 7) is 2.11. The number of nitrogens with zero attached hydrogens (tertiary/aromatic N) is 11. The number of hydrazine groups is 3. The van der Waals surface area contributed by atoms with Crippen LogP contribution >= 0.6 is 108 Å². The number of rotatable bonds is 17. The molecule has 0 aliphatic carbocycles. The Bertz CT molecular complexity index is 3460. The molecule has 90 heavy (non-hydrogen) atoms. The fraction of sp³-hybridized carbons (Fsp3) is 0.519. The van der Waals surface area contributed by atoms with Crippen molar-refractivity contribution in [3.63, 3.8) is 0 Å². The molecule has 14 atom stereocenters. The Hall–Kier alpha value is -4.19. The van der Waals surface area contributed by atoms with Crippen LogP contribution in [0.2, 0.25) is 0 Å². The molecule has 18 rings (SSSR count). The van der Waals surface area contributed by atoms with Gasteiger partial charge in [-0.1, -0.05) is 51.5 Å². The highest BCUT2D eigenvalue weighted by Crippen LogP contribution is 2.80. The van der Waals surface area contributed by atoms with Crippen molar-refractivity contribution < 1.29 is 33.9 Å². The second-order valence-electron chi connectivity index (χ2n) is 23.5. The number of oxime groups is 3. The molecule has 0 aromatic heterocycles. The standard InChI is InChI=1S/C54H62N20O7S9/c1-10-55-79-42(1)49(32-20-58-76-26-32)52(33-21-59-77-27-33,43-2-11-56-80-43)73(72(48-9-18-84-69-48)53(49,41-8-17-83-68-41)44-3-12-57-81-44)74-54(46-5-14-62-89-46,47-19-39(38-6-15-75-66-38)70(90-47)36-24-60-78-28-36)50(34-22-63-85-29-34,45-4-13-61-88-45)51(35-23-64-86-30-35,40-7-16-82-67-40)71(74)37-25-65-87-31-37/h1,3,5,7,9-11,13-14,16,19,21-22,24-26,30,34,36,39-40,42-43,45-46,55,57-59,62,64-65,67,69H,2,4,6,8,12,15,17-18,20,23,27-29,31H2. The van der Waals surface area contributed by atoms with Gasteiger partial charge in [-0.2, -0.15) is 11.0 Å². The summed E-state index contributed by atoms with van der Waals surface area (Å²) in [6, 6.07) is -1.04. The molecule has 0 bridgehead atoms. The van der Waals surface area contributed by atoms with Crippen molar-refractivity contribution in [1.29, 1.82) is 0 Å². The van der Waals surface area contributed by atoms with E-state index in [1.165, 1.54) is 5.57 Å². The predicted octanol–water partition coefficient (Wildman–Crippen LogP) is 4.64. The zero-order chi connectivity index (χ0) is 59.5. The maximum Gasteiger partial charge on any atom is 0.172 e. The molecule has 18 heterocycles. The lowest BCUT2D eigenvalue weighted by molar-refractivity contribution is -0.319. The summed E-state index contributed by atoms with van der Waals surface area (Å²) in [5.74, 6) is 3.69. The molecule has 14 unspecified atom stereocenters. The summed E-state index contributed by atoms with van der Waals surface area (Å²) in [5, 5.41) is 28.9. The lowest BCUT2D eigenvalue weighted by atomic mass is 9.47. The normalized spacial score (nSPS) is 42.2. The van der Waals surface area contributed by atoms with Gasteiger partial charge in [0.15, 0.2) is 17.4 Å². The van der Waals surface area contributed by atoms with Crippen LogP contribution in [0.3, 0.4) is 0 Å². The maximum atomic E-state index is 7.43. The SMILES string of the molecule is C1=CC(C2(C3=CONC3)C(C3=CCNO3)(C3=NSCC3)N(C3=CCSN3)N(N3N(C4=CNSC4)C(C4=CSNC4)(C4C=CSN4)C(C4C=NSC4)(C4CC=NS4)C3(C3=CC(C4=NOCC4)N(C4C=NOC4)S3)C3C=CNS3)C2(C2=CNOC2)C2CC=NO2)ON1. The third kappa shape index (κ3) is 7.72. The first-order valence-corrected chi connectivity index (χ1v) is 37.9. The topological polar surface area (TPSA) is 263 Å². The van der Waals surface area contributed by atoms with E-state index in [4.69, 9.17) is 57.4 Å². The molecule has 2 saturated heterocycles. The first kappa shape index (κ1) is 58.4. The Labute approximate surface area is 557 Å². The van der Waals surface area contributed by atoms with Crippen molar-refractivity contribution in [3.05, 3.63) is 117 Å². The Morgan fingerprint density at radius 2 is 1.82 bits per heavy atom. The van der Waals surface area contributed by atoms with Gasteiger partial charge in [0.05, 0.1) is 83.0 Å². The number of hydroxylamine groups is 4. The van der Waals surface area contributed by atoms with Gasteiger partial charge in [-0.05, 0) is 136 Å². The van der Waals surface area contributed by atoms with E-state index >= 15 is 0 Å². The highest BCUT2D eigenvalue weighted by molar-refractivity contribution is 8.02. The van der Waals surface area contributed by atoms with Crippen LogP contribution in [0, 0.1) is 16.7 Å². The van der Waals surface area contributed by atoms with Crippen molar-refractivity contribution in [2.24, 2.45) is 45.4 Å². The first-order valence-electron chi connectivity index (χ1n) is 29.8. The number of nitrogens with one attached hydrogen (secondary N) is 9. The van der Waals surface area contributed by atoms with Gasteiger partial charge in [-0.15, -0.1) is 10.2 Å². The molecular weight excluding hydrogens is 1330 g/mol. The Kier molecular flexibility index (Phi) is 15.1. The average Bonchev–Trinajstić information content (AvgIpc) is 1.42. The highest BCUT2D eigenvalue weighted by Gasteiger charge is 2.93. The molecule has 0 aromatic rings. The quantitative estimate of drug-likeness (QED) is 0.0899. The van der Waals surface area contributed by atoms with E-state index in [1.807, 2.05) is 31.1 Å². The summed E-state index contributed by atoms with van der Waals surface area (Å²) in [6.07, 6.45) is 32.9. The van der Waals surface area contributed by atoms with Crippen LogP contribution in [-0.2, 0) is 33.9 Å². The second kappa shape index (κ2) is 23.3. The van der Waals surface area contributed by atoms with Crippen LogP contribution < -0.4 is 45.5 Å². The monoisotopic (exact) mass is 1390 g/mol. The Morgan fingerprint density at radius 3 is 2.49 bits per heavy atom. The lowest BCUT2D eigenvalue weighted by Crippen LogP contribution is -2.78. The third-order valence-electron chi connectivity index (χ3n) is 20.1. The van der Waals surface area contributed by atoms with Gasteiger partial charge in [-0.3, -0.25) is 40.1 Å².